The zero-order chi connectivity index (χ0) is 20.3. The first kappa shape index (κ1) is 19.5. The molecule has 0 saturated carbocycles. The summed E-state index contributed by atoms with van der Waals surface area (Å²) in [6.07, 6.45) is 0. The Labute approximate surface area is 163 Å². The summed E-state index contributed by atoms with van der Waals surface area (Å²) in [7, 11) is 3.10. The lowest BCUT2D eigenvalue weighted by Gasteiger charge is -2.14. The number of anilines is 1. The van der Waals surface area contributed by atoms with Gasteiger partial charge >= 0.3 is 0 Å². The summed E-state index contributed by atoms with van der Waals surface area (Å²) in [5.74, 6) is 0.579. The van der Waals surface area contributed by atoms with Crippen LogP contribution < -0.4 is 14.8 Å². The Balaban J connectivity index is 1.90. The van der Waals surface area contributed by atoms with Crippen molar-refractivity contribution in [3.63, 3.8) is 0 Å². The highest BCUT2D eigenvalue weighted by Crippen LogP contribution is 2.30. The van der Waals surface area contributed by atoms with Crippen molar-refractivity contribution in [3.05, 3.63) is 76.9 Å². The number of hydrogen-bond donors (Lipinski definition) is 1. The van der Waals surface area contributed by atoms with Gasteiger partial charge in [-0.15, -0.1) is 0 Å². The SMILES string of the molecule is COc1ccc(NC(=O)c2c(C)cc(C)n2Cc2cccc(F)c2)cc1OC. The third kappa shape index (κ3) is 4.01. The van der Waals surface area contributed by atoms with Gasteiger partial charge < -0.3 is 19.4 Å². The van der Waals surface area contributed by atoms with E-state index in [1.165, 1.54) is 12.1 Å². The highest BCUT2D eigenvalue weighted by Gasteiger charge is 2.18. The number of hydrogen-bond acceptors (Lipinski definition) is 3. The Morgan fingerprint density at radius 3 is 2.46 bits per heavy atom. The number of nitrogens with one attached hydrogen (secondary N) is 1. The normalized spacial score (nSPS) is 10.6. The second kappa shape index (κ2) is 8.17. The summed E-state index contributed by atoms with van der Waals surface area (Å²) in [6.45, 7) is 4.23. The van der Waals surface area contributed by atoms with Gasteiger partial charge in [0, 0.05) is 24.0 Å². The van der Waals surface area contributed by atoms with Crippen LogP contribution >= 0.6 is 0 Å². The van der Waals surface area contributed by atoms with Crippen molar-refractivity contribution < 1.29 is 18.7 Å². The molecule has 0 fully saturated rings. The fourth-order valence-corrected chi connectivity index (χ4v) is 3.28. The van der Waals surface area contributed by atoms with E-state index in [4.69, 9.17) is 9.47 Å². The molecule has 3 aromatic rings. The van der Waals surface area contributed by atoms with Crippen molar-refractivity contribution in [1.29, 1.82) is 0 Å². The van der Waals surface area contributed by atoms with Crippen molar-refractivity contribution >= 4 is 11.6 Å². The molecular formula is C22H23FN2O3. The minimum absolute atomic E-state index is 0.241. The van der Waals surface area contributed by atoms with Gasteiger partial charge in [0.15, 0.2) is 11.5 Å². The van der Waals surface area contributed by atoms with E-state index in [9.17, 15) is 9.18 Å². The Morgan fingerprint density at radius 2 is 1.79 bits per heavy atom. The monoisotopic (exact) mass is 382 g/mol. The maximum atomic E-state index is 13.5. The maximum absolute atomic E-state index is 13.5. The fourth-order valence-electron chi connectivity index (χ4n) is 3.28. The Bertz CT molecular complexity index is 1010. The molecule has 0 radical (unpaired) electrons. The van der Waals surface area contributed by atoms with Crippen molar-refractivity contribution in [2.24, 2.45) is 0 Å². The molecule has 0 aliphatic rings. The lowest BCUT2D eigenvalue weighted by Crippen LogP contribution is -2.19. The highest BCUT2D eigenvalue weighted by atomic mass is 19.1. The molecule has 0 spiro atoms. The molecule has 146 valence electrons. The second-order valence-corrected chi connectivity index (χ2v) is 6.56. The summed E-state index contributed by atoms with van der Waals surface area (Å²) in [4.78, 5) is 13.0. The first-order valence-electron chi connectivity index (χ1n) is 8.87. The van der Waals surface area contributed by atoms with Gasteiger partial charge in [-0.05, 0) is 55.3 Å². The number of methoxy groups -OCH3 is 2. The molecule has 6 heteroatoms. The zero-order valence-electron chi connectivity index (χ0n) is 16.4. The van der Waals surface area contributed by atoms with Crippen LogP contribution in [0.4, 0.5) is 10.1 Å². The molecule has 3 rings (SSSR count). The number of benzene rings is 2. The van der Waals surface area contributed by atoms with Gasteiger partial charge in [0.2, 0.25) is 0 Å². The molecule has 0 bridgehead atoms. The van der Waals surface area contributed by atoms with Crippen LogP contribution in [0.2, 0.25) is 0 Å². The molecule has 28 heavy (non-hydrogen) atoms. The number of ether oxygens (including phenoxy) is 2. The van der Waals surface area contributed by atoms with Crippen LogP contribution in [-0.2, 0) is 6.54 Å². The standard InChI is InChI=1S/C22H23FN2O3/c1-14-10-15(2)25(13-16-6-5-7-17(23)11-16)21(14)22(26)24-18-8-9-19(27-3)20(12-18)28-4/h5-12H,13H2,1-4H3,(H,24,26). The van der Waals surface area contributed by atoms with Crippen LogP contribution in [0.25, 0.3) is 0 Å². The zero-order valence-corrected chi connectivity index (χ0v) is 16.4. The minimum atomic E-state index is -0.296. The lowest BCUT2D eigenvalue weighted by atomic mass is 10.2. The van der Waals surface area contributed by atoms with E-state index in [-0.39, 0.29) is 11.7 Å². The molecular weight excluding hydrogens is 359 g/mol. The first-order chi connectivity index (χ1) is 13.4. The van der Waals surface area contributed by atoms with Gasteiger partial charge in [0.05, 0.1) is 14.2 Å². The number of amides is 1. The number of halogens is 1. The van der Waals surface area contributed by atoms with Gasteiger partial charge in [-0.3, -0.25) is 4.79 Å². The van der Waals surface area contributed by atoms with Gasteiger partial charge in [0.1, 0.15) is 11.5 Å². The number of aryl methyl sites for hydroxylation is 2. The number of carbonyl (C=O) groups is 1. The van der Waals surface area contributed by atoms with Crippen LogP contribution in [0, 0.1) is 19.7 Å². The third-order valence-corrected chi connectivity index (χ3v) is 4.58. The van der Waals surface area contributed by atoms with Crippen molar-refractivity contribution in [2.45, 2.75) is 20.4 Å². The molecule has 1 amide bonds. The topological polar surface area (TPSA) is 52.5 Å². The number of aromatic nitrogens is 1. The summed E-state index contributed by atoms with van der Waals surface area (Å²) >= 11 is 0. The predicted molar refractivity (Wildman–Crippen MR) is 107 cm³/mol. The largest absolute Gasteiger partial charge is 0.493 e. The van der Waals surface area contributed by atoms with Crippen LogP contribution in [0.15, 0.2) is 48.5 Å². The van der Waals surface area contributed by atoms with Gasteiger partial charge in [-0.2, -0.15) is 0 Å². The van der Waals surface area contributed by atoms with Crippen LogP contribution in [-0.4, -0.2) is 24.7 Å². The number of nitrogens with zero attached hydrogens (tertiary/aromatic N) is 1. The summed E-state index contributed by atoms with van der Waals surface area (Å²) < 4.78 is 25.9. The van der Waals surface area contributed by atoms with E-state index < -0.39 is 0 Å². The molecule has 1 heterocycles. The van der Waals surface area contributed by atoms with Crippen molar-refractivity contribution in [2.75, 3.05) is 19.5 Å². The first-order valence-corrected chi connectivity index (χ1v) is 8.87. The molecule has 0 aliphatic heterocycles. The van der Waals surface area contributed by atoms with Crippen LogP contribution in [0.5, 0.6) is 11.5 Å². The molecule has 0 saturated heterocycles. The predicted octanol–water partition coefficient (Wildman–Crippen LogP) is 4.56. The summed E-state index contributed by atoms with van der Waals surface area (Å²) in [5.41, 5.74) is 3.71. The molecule has 2 aromatic carbocycles. The molecule has 5 nitrogen and oxygen atoms in total. The molecule has 0 unspecified atom stereocenters. The number of carbonyl (C=O) groups excluding carboxylic acids is 1. The smallest absolute Gasteiger partial charge is 0.272 e. The summed E-state index contributed by atoms with van der Waals surface area (Å²) in [6, 6.07) is 13.5. The van der Waals surface area contributed by atoms with E-state index in [0.717, 1.165) is 16.8 Å². The van der Waals surface area contributed by atoms with E-state index in [1.807, 2.05) is 30.5 Å². The van der Waals surface area contributed by atoms with Crippen LogP contribution in [0.3, 0.4) is 0 Å². The maximum Gasteiger partial charge on any atom is 0.272 e. The lowest BCUT2D eigenvalue weighted by molar-refractivity contribution is 0.101. The Morgan fingerprint density at radius 1 is 1.04 bits per heavy atom. The van der Waals surface area contributed by atoms with Crippen molar-refractivity contribution in [3.8, 4) is 11.5 Å². The van der Waals surface area contributed by atoms with Gasteiger partial charge in [-0.1, -0.05) is 12.1 Å². The third-order valence-electron chi connectivity index (χ3n) is 4.58. The minimum Gasteiger partial charge on any atom is -0.493 e. The van der Waals surface area contributed by atoms with E-state index >= 15 is 0 Å². The van der Waals surface area contributed by atoms with E-state index in [0.29, 0.717) is 29.4 Å². The summed E-state index contributed by atoms with van der Waals surface area (Å²) in [5, 5.41) is 2.91. The Kier molecular flexibility index (Phi) is 5.68. The van der Waals surface area contributed by atoms with Gasteiger partial charge in [0.25, 0.3) is 5.91 Å². The Hall–Kier alpha value is -3.28. The number of rotatable bonds is 6. The molecule has 1 N–H and O–H groups in total. The molecule has 0 aliphatic carbocycles. The average Bonchev–Trinajstić information content (AvgIpc) is 2.94. The van der Waals surface area contributed by atoms with Gasteiger partial charge in [-0.25, -0.2) is 4.39 Å². The van der Waals surface area contributed by atoms with E-state index in [2.05, 4.69) is 5.32 Å². The fraction of sp³-hybridized carbons (Fsp3) is 0.227. The van der Waals surface area contributed by atoms with Crippen molar-refractivity contribution in [1.82, 2.24) is 4.57 Å². The average molecular weight is 382 g/mol. The second-order valence-electron chi connectivity index (χ2n) is 6.56. The highest BCUT2D eigenvalue weighted by molar-refractivity contribution is 6.04. The van der Waals surface area contributed by atoms with E-state index in [1.54, 1.807) is 38.5 Å². The van der Waals surface area contributed by atoms with Crippen LogP contribution in [0.1, 0.15) is 27.3 Å². The quantitative estimate of drug-likeness (QED) is 0.680. The molecule has 1 aromatic heterocycles. The molecule has 0 atom stereocenters.